The number of aryl methyl sites for hydroxylation is 1. The highest BCUT2D eigenvalue weighted by Gasteiger charge is 2.12. The number of amides is 1. The highest BCUT2D eigenvalue weighted by Crippen LogP contribution is 2.07. The minimum atomic E-state index is -0.979. The highest BCUT2D eigenvalue weighted by molar-refractivity contribution is 5.79. The number of carboxylic acid groups (broad SMARTS) is 1. The quantitative estimate of drug-likeness (QED) is 0.779. The van der Waals surface area contributed by atoms with Crippen LogP contribution in [-0.4, -0.2) is 45.0 Å². The van der Waals surface area contributed by atoms with E-state index in [0.29, 0.717) is 10.9 Å². The van der Waals surface area contributed by atoms with Crippen LogP contribution < -0.4 is 11.2 Å². The maximum atomic E-state index is 12.0. The monoisotopic (exact) mass is 319 g/mol. The summed E-state index contributed by atoms with van der Waals surface area (Å²) in [7, 11) is 1.51. The molecule has 0 aliphatic rings. The Kier molecular flexibility index (Phi) is 4.95. The van der Waals surface area contributed by atoms with Gasteiger partial charge in [0, 0.05) is 26.6 Å². The van der Waals surface area contributed by atoms with Crippen molar-refractivity contribution in [3.8, 4) is 0 Å². The van der Waals surface area contributed by atoms with E-state index in [-0.39, 0.29) is 31.8 Å². The summed E-state index contributed by atoms with van der Waals surface area (Å²) >= 11 is 0. The second-order valence-corrected chi connectivity index (χ2v) is 5.14. The number of hydrogen-bond acceptors (Lipinski definition) is 4. The van der Waals surface area contributed by atoms with Gasteiger partial charge in [-0.1, -0.05) is 12.1 Å². The predicted octanol–water partition coefficient (Wildman–Crippen LogP) is 0.0130. The third kappa shape index (κ3) is 3.85. The normalized spacial score (nSPS) is 10.7. The number of carbonyl (C=O) groups excluding carboxylic acids is 1. The second kappa shape index (κ2) is 6.91. The van der Waals surface area contributed by atoms with Gasteiger partial charge in [-0.2, -0.15) is 0 Å². The van der Waals surface area contributed by atoms with Gasteiger partial charge in [-0.3, -0.25) is 23.9 Å². The lowest BCUT2D eigenvalue weighted by molar-refractivity contribution is -0.138. The van der Waals surface area contributed by atoms with Gasteiger partial charge in [0.25, 0.3) is 5.56 Å². The first-order valence-electron chi connectivity index (χ1n) is 7.08. The van der Waals surface area contributed by atoms with Crippen LogP contribution >= 0.6 is 0 Å². The van der Waals surface area contributed by atoms with Gasteiger partial charge in [0.15, 0.2) is 0 Å². The van der Waals surface area contributed by atoms with Gasteiger partial charge in [-0.15, -0.1) is 0 Å². The summed E-state index contributed by atoms with van der Waals surface area (Å²) in [6, 6.07) is 6.64. The summed E-state index contributed by atoms with van der Waals surface area (Å²) in [6.07, 6.45) is -0.101. The average Bonchev–Trinajstić information content (AvgIpc) is 2.52. The van der Waals surface area contributed by atoms with Gasteiger partial charge >= 0.3 is 11.7 Å². The SMILES string of the molecule is CN(CCC(=O)O)C(=O)CCn1c(=O)[nH]c(=O)c2ccccc21. The van der Waals surface area contributed by atoms with Gasteiger partial charge in [-0.25, -0.2) is 4.79 Å². The number of aliphatic carboxylic acids is 1. The molecular weight excluding hydrogens is 302 g/mol. The Morgan fingerprint density at radius 3 is 2.61 bits per heavy atom. The molecule has 0 spiro atoms. The molecular formula is C15H17N3O5. The van der Waals surface area contributed by atoms with Crippen molar-refractivity contribution in [3.05, 3.63) is 45.1 Å². The van der Waals surface area contributed by atoms with Gasteiger partial charge in [0.1, 0.15) is 0 Å². The van der Waals surface area contributed by atoms with E-state index in [2.05, 4.69) is 4.98 Å². The fraction of sp³-hybridized carbons (Fsp3) is 0.333. The third-order valence-corrected chi connectivity index (χ3v) is 3.54. The number of H-pyrrole nitrogens is 1. The van der Waals surface area contributed by atoms with E-state index in [0.717, 1.165) is 0 Å². The number of aromatic nitrogens is 2. The number of fused-ring (bicyclic) bond motifs is 1. The fourth-order valence-corrected chi connectivity index (χ4v) is 2.25. The molecule has 2 aromatic rings. The third-order valence-electron chi connectivity index (χ3n) is 3.54. The van der Waals surface area contributed by atoms with Crippen molar-refractivity contribution in [3.63, 3.8) is 0 Å². The first kappa shape index (κ1) is 16.5. The van der Waals surface area contributed by atoms with Crippen LogP contribution in [0.1, 0.15) is 12.8 Å². The maximum Gasteiger partial charge on any atom is 0.328 e. The first-order valence-corrected chi connectivity index (χ1v) is 7.08. The molecule has 0 aliphatic carbocycles. The van der Waals surface area contributed by atoms with Crippen LogP contribution in [0.5, 0.6) is 0 Å². The number of para-hydroxylation sites is 1. The van der Waals surface area contributed by atoms with Crippen molar-refractivity contribution in [1.82, 2.24) is 14.5 Å². The van der Waals surface area contributed by atoms with Crippen LogP contribution in [0, 0.1) is 0 Å². The lowest BCUT2D eigenvalue weighted by Crippen LogP contribution is -2.33. The summed E-state index contributed by atoms with van der Waals surface area (Å²) < 4.78 is 1.33. The van der Waals surface area contributed by atoms with Crippen molar-refractivity contribution in [1.29, 1.82) is 0 Å². The molecule has 23 heavy (non-hydrogen) atoms. The van der Waals surface area contributed by atoms with E-state index in [4.69, 9.17) is 5.11 Å². The Labute approximate surface area is 131 Å². The van der Waals surface area contributed by atoms with Crippen LogP contribution in [0.2, 0.25) is 0 Å². The fourth-order valence-electron chi connectivity index (χ4n) is 2.25. The first-order chi connectivity index (χ1) is 10.9. The van der Waals surface area contributed by atoms with Crippen LogP contribution in [0.3, 0.4) is 0 Å². The molecule has 8 nitrogen and oxygen atoms in total. The molecule has 2 rings (SSSR count). The van der Waals surface area contributed by atoms with E-state index in [1.807, 2.05) is 0 Å². The largest absolute Gasteiger partial charge is 0.481 e. The number of nitrogens with one attached hydrogen (secondary N) is 1. The van der Waals surface area contributed by atoms with Crippen molar-refractivity contribution < 1.29 is 14.7 Å². The molecule has 2 N–H and O–H groups in total. The van der Waals surface area contributed by atoms with Crippen molar-refractivity contribution >= 4 is 22.8 Å². The summed E-state index contributed by atoms with van der Waals surface area (Å²) in [6.45, 7) is 0.210. The Morgan fingerprint density at radius 2 is 1.91 bits per heavy atom. The Bertz CT molecular complexity index is 852. The molecule has 0 fully saturated rings. The summed E-state index contributed by atoms with van der Waals surface area (Å²) in [5, 5.41) is 8.99. The van der Waals surface area contributed by atoms with E-state index in [9.17, 15) is 19.2 Å². The highest BCUT2D eigenvalue weighted by atomic mass is 16.4. The smallest absolute Gasteiger partial charge is 0.328 e. The van der Waals surface area contributed by atoms with Crippen LogP contribution in [0.15, 0.2) is 33.9 Å². The van der Waals surface area contributed by atoms with Gasteiger partial charge in [0.05, 0.1) is 17.3 Å². The van der Waals surface area contributed by atoms with E-state index < -0.39 is 17.2 Å². The zero-order chi connectivity index (χ0) is 17.0. The summed E-state index contributed by atoms with van der Waals surface area (Å²) in [5.41, 5.74) is -0.580. The Morgan fingerprint density at radius 1 is 1.22 bits per heavy atom. The van der Waals surface area contributed by atoms with Crippen molar-refractivity contribution in [2.24, 2.45) is 0 Å². The van der Waals surface area contributed by atoms with Crippen LogP contribution in [0.4, 0.5) is 0 Å². The molecule has 0 saturated heterocycles. The molecule has 1 aromatic carbocycles. The number of aromatic amines is 1. The van der Waals surface area contributed by atoms with Gasteiger partial charge in [0.2, 0.25) is 5.91 Å². The summed E-state index contributed by atoms with van der Waals surface area (Å²) in [4.78, 5) is 49.7. The second-order valence-electron chi connectivity index (χ2n) is 5.14. The Balaban J connectivity index is 2.17. The number of benzene rings is 1. The number of carboxylic acids is 1. The molecule has 0 radical (unpaired) electrons. The molecule has 0 aliphatic heterocycles. The zero-order valence-electron chi connectivity index (χ0n) is 12.6. The van der Waals surface area contributed by atoms with Crippen molar-refractivity contribution in [2.75, 3.05) is 13.6 Å². The number of carbonyl (C=O) groups is 2. The Hall–Kier alpha value is -2.90. The maximum absolute atomic E-state index is 12.0. The molecule has 1 heterocycles. The van der Waals surface area contributed by atoms with Crippen molar-refractivity contribution in [2.45, 2.75) is 19.4 Å². The number of hydrogen-bond donors (Lipinski definition) is 2. The standard InChI is InChI=1S/C15H17N3O5/c1-17(8-7-13(20)21)12(19)6-9-18-11-5-3-2-4-10(11)14(22)16-15(18)23/h2-5H,6-9H2,1H3,(H,20,21)(H,16,22,23). The summed E-state index contributed by atoms with van der Waals surface area (Å²) in [5.74, 6) is -1.25. The van der Waals surface area contributed by atoms with Crippen LogP contribution in [-0.2, 0) is 16.1 Å². The molecule has 8 heteroatoms. The molecule has 0 unspecified atom stereocenters. The number of rotatable bonds is 6. The molecule has 122 valence electrons. The van der Waals surface area contributed by atoms with E-state index in [1.54, 1.807) is 24.3 Å². The van der Waals surface area contributed by atoms with E-state index in [1.165, 1.54) is 16.5 Å². The minimum Gasteiger partial charge on any atom is -0.481 e. The molecule has 1 amide bonds. The molecule has 0 saturated carbocycles. The molecule has 1 aromatic heterocycles. The number of nitrogens with zero attached hydrogens (tertiary/aromatic N) is 2. The lowest BCUT2D eigenvalue weighted by Gasteiger charge is -2.16. The average molecular weight is 319 g/mol. The van der Waals surface area contributed by atoms with Crippen LogP contribution in [0.25, 0.3) is 10.9 Å². The molecule has 0 bridgehead atoms. The zero-order valence-corrected chi connectivity index (χ0v) is 12.6. The minimum absolute atomic E-state index is 0.0338. The topological polar surface area (TPSA) is 112 Å². The lowest BCUT2D eigenvalue weighted by atomic mass is 10.2. The van der Waals surface area contributed by atoms with E-state index >= 15 is 0 Å². The van der Waals surface area contributed by atoms with Gasteiger partial charge in [-0.05, 0) is 12.1 Å². The molecule has 0 atom stereocenters. The predicted molar refractivity (Wildman–Crippen MR) is 83.3 cm³/mol. The van der Waals surface area contributed by atoms with Gasteiger partial charge < -0.3 is 10.0 Å².